The van der Waals surface area contributed by atoms with Crippen molar-refractivity contribution in [1.82, 2.24) is 4.98 Å². The molecule has 0 aliphatic heterocycles. The predicted molar refractivity (Wildman–Crippen MR) is 54.8 cm³/mol. The van der Waals surface area contributed by atoms with E-state index in [0.29, 0.717) is 19.0 Å². The van der Waals surface area contributed by atoms with E-state index in [1.165, 1.54) is 0 Å². The number of hydrogen-bond acceptors (Lipinski definition) is 4. The summed E-state index contributed by atoms with van der Waals surface area (Å²) in [5.41, 5.74) is 6.57. The molecule has 0 atom stereocenters. The average Bonchev–Trinajstić information content (AvgIpc) is 2.18. The fourth-order valence-electron chi connectivity index (χ4n) is 1.08. The van der Waals surface area contributed by atoms with Crippen LogP contribution in [0.2, 0.25) is 0 Å². The summed E-state index contributed by atoms with van der Waals surface area (Å²) in [6.45, 7) is 2.02. The van der Waals surface area contributed by atoms with Crippen LogP contribution in [-0.2, 0) is 16.1 Å². The first-order valence-electron chi connectivity index (χ1n) is 4.60. The van der Waals surface area contributed by atoms with Gasteiger partial charge in [0.25, 0.3) is 0 Å². The van der Waals surface area contributed by atoms with Crippen LogP contribution in [0.3, 0.4) is 0 Å². The van der Waals surface area contributed by atoms with Crippen LogP contribution in [0.25, 0.3) is 0 Å². The Kier molecular flexibility index (Phi) is 4.96. The Labute approximate surface area is 84.0 Å². The van der Waals surface area contributed by atoms with Crippen LogP contribution in [-0.4, -0.2) is 25.3 Å². The number of aromatic nitrogens is 1. The molecule has 0 amide bonds. The number of pyridine rings is 1. The molecule has 1 aromatic rings. The van der Waals surface area contributed by atoms with Crippen molar-refractivity contribution < 1.29 is 9.47 Å². The topological polar surface area (TPSA) is 57.4 Å². The Morgan fingerprint density at radius 3 is 3.00 bits per heavy atom. The van der Waals surface area contributed by atoms with Gasteiger partial charge in [-0.3, -0.25) is 0 Å². The lowest BCUT2D eigenvalue weighted by Crippen LogP contribution is -2.00. The lowest BCUT2D eigenvalue weighted by molar-refractivity contribution is 0.0928. The van der Waals surface area contributed by atoms with Crippen molar-refractivity contribution in [2.45, 2.75) is 13.0 Å². The maximum absolute atomic E-state index is 5.52. The monoisotopic (exact) mass is 196 g/mol. The van der Waals surface area contributed by atoms with Gasteiger partial charge in [0.2, 0.25) is 0 Å². The summed E-state index contributed by atoms with van der Waals surface area (Å²) in [5, 5.41) is 0. The predicted octanol–water partition coefficient (Wildman–Crippen LogP) is 1.22. The molecule has 0 spiro atoms. The summed E-state index contributed by atoms with van der Waals surface area (Å²) in [7, 11) is 1.68. The third-order valence-electron chi connectivity index (χ3n) is 1.75. The lowest BCUT2D eigenvalue weighted by Gasteiger charge is -2.04. The second-order valence-corrected chi connectivity index (χ2v) is 2.99. The van der Waals surface area contributed by atoms with Gasteiger partial charge in [0.15, 0.2) is 0 Å². The van der Waals surface area contributed by atoms with Gasteiger partial charge in [0.05, 0.1) is 6.61 Å². The van der Waals surface area contributed by atoms with E-state index in [4.69, 9.17) is 15.2 Å². The zero-order valence-electron chi connectivity index (χ0n) is 8.40. The minimum absolute atomic E-state index is 0.531. The Hall–Kier alpha value is -1.13. The van der Waals surface area contributed by atoms with Gasteiger partial charge in [0.1, 0.15) is 5.82 Å². The van der Waals surface area contributed by atoms with Crippen LogP contribution >= 0.6 is 0 Å². The first kappa shape index (κ1) is 10.9. The molecule has 0 aliphatic rings. The van der Waals surface area contributed by atoms with Gasteiger partial charge in [-0.05, 0) is 24.1 Å². The van der Waals surface area contributed by atoms with Gasteiger partial charge in [0, 0.05) is 26.5 Å². The molecule has 0 saturated carbocycles. The number of ether oxygens (including phenoxy) is 2. The van der Waals surface area contributed by atoms with Gasteiger partial charge in [-0.2, -0.15) is 0 Å². The van der Waals surface area contributed by atoms with Crippen molar-refractivity contribution >= 4 is 5.82 Å². The summed E-state index contributed by atoms with van der Waals surface area (Å²) >= 11 is 0. The molecule has 2 N–H and O–H groups in total. The molecule has 1 rings (SSSR count). The maximum atomic E-state index is 5.52. The fraction of sp³-hybridized carbons (Fsp3) is 0.500. The Morgan fingerprint density at radius 2 is 2.29 bits per heavy atom. The highest BCUT2D eigenvalue weighted by molar-refractivity contribution is 5.31. The number of nitrogen functional groups attached to an aromatic ring is 1. The molecule has 0 fully saturated rings. The van der Waals surface area contributed by atoms with Gasteiger partial charge >= 0.3 is 0 Å². The second-order valence-electron chi connectivity index (χ2n) is 2.99. The van der Waals surface area contributed by atoms with E-state index in [9.17, 15) is 0 Å². The van der Waals surface area contributed by atoms with E-state index in [0.717, 1.165) is 18.6 Å². The van der Waals surface area contributed by atoms with Crippen LogP contribution < -0.4 is 5.73 Å². The van der Waals surface area contributed by atoms with Crippen molar-refractivity contribution in [1.29, 1.82) is 0 Å². The molecule has 0 aliphatic carbocycles. The Morgan fingerprint density at radius 1 is 1.43 bits per heavy atom. The first-order chi connectivity index (χ1) is 6.83. The molecule has 0 saturated heterocycles. The number of nitrogens with two attached hydrogens (primary N) is 1. The molecule has 78 valence electrons. The summed E-state index contributed by atoms with van der Waals surface area (Å²) in [6, 6.07) is 3.71. The highest BCUT2D eigenvalue weighted by Crippen LogP contribution is 2.04. The Balaban J connectivity index is 2.18. The van der Waals surface area contributed by atoms with Crippen molar-refractivity contribution in [3.8, 4) is 0 Å². The third-order valence-corrected chi connectivity index (χ3v) is 1.75. The van der Waals surface area contributed by atoms with E-state index in [2.05, 4.69) is 4.98 Å². The van der Waals surface area contributed by atoms with E-state index < -0.39 is 0 Å². The standard InChI is InChI=1S/C10H16N2O2/c1-13-5-2-6-14-8-9-3-4-12-10(11)7-9/h3-4,7H,2,5-6,8H2,1H3,(H2,11,12). The molecule has 4 nitrogen and oxygen atoms in total. The molecular weight excluding hydrogens is 180 g/mol. The molecule has 1 heterocycles. The summed E-state index contributed by atoms with van der Waals surface area (Å²) in [4.78, 5) is 3.90. The van der Waals surface area contributed by atoms with E-state index in [1.54, 1.807) is 13.3 Å². The Bertz CT molecular complexity index is 266. The van der Waals surface area contributed by atoms with Crippen LogP contribution in [0.15, 0.2) is 18.3 Å². The van der Waals surface area contributed by atoms with Crippen LogP contribution in [0.4, 0.5) is 5.82 Å². The van der Waals surface area contributed by atoms with Crippen molar-refractivity contribution in [2.75, 3.05) is 26.1 Å². The van der Waals surface area contributed by atoms with E-state index >= 15 is 0 Å². The number of hydrogen-bond donors (Lipinski definition) is 1. The summed E-state index contributed by atoms with van der Waals surface area (Å²) in [6.07, 6.45) is 2.60. The van der Waals surface area contributed by atoms with E-state index in [-0.39, 0.29) is 0 Å². The first-order valence-corrected chi connectivity index (χ1v) is 4.60. The van der Waals surface area contributed by atoms with Crippen LogP contribution in [0.1, 0.15) is 12.0 Å². The largest absolute Gasteiger partial charge is 0.385 e. The molecule has 0 radical (unpaired) electrons. The minimum atomic E-state index is 0.531. The molecule has 0 unspecified atom stereocenters. The molecule has 0 aromatic carbocycles. The quantitative estimate of drug-likeness (QED) is 0.695. The zero-order valence-corrected chi connectivity index (χ0v) is 8.40. The van der Waals surface area contributed by atoms with Crippen molar-refractivity contribution in [3.63, 3.8) is 0 Å². The SMILES string of the molecule is COCCCOCc1ccnc(N)c1. The number of rotatable bonds is 6. The van der Waals surface area contributed by atoms with Crippen molar-refractivity contribution in [3.05, 3.63) is 23.9 Å². The number of nitrogens with zero attached hydrogens (tertiary/aromatic N) is 1. The smallest absolute Gasteiger partial charge is 0.123 e. The summed E-state index contributed by atoms with van der Waals surface area (Å²) < 4.78 is 10.3. The second kappa shape index (κ2) is 6.34. The average molecular weight is 196 g/mol. The summed E-state index contributed by atoms with van der Waals surface area (Å²) in [5.74, 6) is 0.531. The van der Waals surface area contributed by atoms with Crippen LogP contribution in [0, 0.1) is 0 Å². The molecule has 14 heavy (non-hydrogen) atoms. The zero-order chi connectivity index (χ0) is 10.2. The van der Waals surface area contributed by atoms with Gasteiger partial charge in [-0.1, -0.05) is 0 Å². The van der Waals surface area contributed by atoms with Gasteiger partial charge < -0.3 is 15.2 Å². The number of methoxy groups -OCH3 is 1. The number of anilines is 1. The van der Waals surface area contributed by atoms with E-state index in [1.807, 2.05) is 12.1 Å². The van der Waals surface area contributed by atoms with Gasteiger partial charge in [-0.15, -0.1) is 0 Å². The normalized spacial score (nSPS) is 10.4. The molecule has 0 bridgehead atoms. The highest BCUT2D eigenvalue weighted by Gasteiger charge is 1.94. The molecular formula is C10H16N2O2. The highest BCUT2D eigenvalue weighted by atomic mass is 16.5. The molecule has 1 aromatic heterocycles. The minimum Gasteiger partial charge on any atom is -0.385 e. The van der Waals surface area contributed by atoms with Gasteiger partial charge in [-0.25, -0.2) is 4.98 Å². The molecule has 4 heteroatoms. The van der Waals surface area contributed by atoms with Crippen LogP contribution in [0.5, 0.6) is 0 Å². The fourth-order valence-corrected chi connectivity index (χ4v) is 1.08. The van der Waals surface area contributed by atoms with Crippen molar-refractivity contribution in [2.24, 2.45) is 0 Å². The third kappa shape index (κ3) is 4.20. The lowest BCUT2D eigenvalue weighted by atomic mass is 10.3. The maximum Gasteiger partial charge on any atom is 0.123 e.